The molecule has 136 valence electrons. The summed E-state index contributed by atoms with van der Waals surface area (Å²) in [4.78, 5) is 25.3. The van der Waals surface area contributed by atoms with Gasteiger partial charge in [0.2, 0.25) is 0 Å². The van der Waals surface area contributed by atoms with Gasteiger partial charge in [-0.15, -0.1) is 0 Å². The summed E-state index contributed by atoms with van der Waals surface area (Å²) >= 11 is 6.43. The van der Waals surface area contributed by atoms with Gasteiger partial charge in [-0.05, 0) is 18.2 Å². The lowest BCUT2D eigenvalue weighted by molar-refractivity contribution is 0.472. The van der Waals surface area contributed by atoms with Gasteiger partial charge in [-0.1, -0.05) is 41.9 Å². The third kappa shape index (κ3) is 2.49. The van der Waals surface area contributed by atoms with Gasteiger partial charge in [0.05, 0.1) is 22.3 Å². The second-order valence-electron chi connectivity index (χ2n) is 6.28. The first-order valence-corrected chi connectivity index (χ1v) is 8.64. The van der Waals surface area contributed by atoms with E-state index >= 15 is 0 Å². The largest absolute Gasteiger partial charge is 0.506 e. The molecule has 0 fully saturated rings. The SMILES string of the molecule is Cn1c(=O)c2c(-c3ccccc3Cl)n(-c3ccccc3O)cc2n(C)c1=O. The maximum atomic E-state index is 13.0. The average molecular weight is 382 g/mol. The molecule has 0 atom stereocenters. The number of halogens is 1. The Labute approximate surface area is 159 Å². The number of para-hydroxylation sites is 2. The summed E-state index contributed by atoms with van der Waals surface area (Å²) in [5.41, 5.74) is 1.26. The van der Waals surface area contributed by atoms with E-state index in [0.717, 1.165) is 4.57 Å². The first-order chi connectivity index (χ1) is 12.9. The van der Waals surface area contributed by atoms with E-state index in [1.807, 2.05) is 6.07 Å². The second kappa shape index (κ2) is 6.17. The van der Waals surface area contributed by atoms with Gasteiger partial charge in [-0.2, -0.15) is 0 Å². The van der Waals surface area contributed by atoms with Crippen molar-refractivity contribution in [2.45, 2.75) is 0 Å². The van der Waals surface area contributed by atoms with Gasteiger partial charge in [0.15, 0.2) is 0 Å². The molecule has 2 aromatic carbocycles. The van der Waals surface area contributed by atoms with Gasteiger partial charge in [0.1, 0.15) is 5.75 Å². The third-order valence-electron chi connectivity index (χ3n) is 4.71. The van der Waals surface area contributed by atoms with Crippen molar-refractivity contribution in [2.75, 3.05) is 0 Å². The Bertz CT molecular complexity index is 1310. The van der Waals surface area contributed by atoms with Crippen LogP contribution in [-0.2, 0) is 14.1 Å². The molecular weight excluding hydrogens is 366 g/mol. The lowest BCUT2D eigenvalue weighted by atomic mass is 10.1. The molecule has 0 aliphatic heterocycles. The minimum atomic E-state index is -0.423. The minimum Gasteiger partial charge on any atom is -0.506 e. The number of rotatable bonds is 2. The standard InChI is InChI=1S/C20H16ClN3O3/c1-22-15-11-24(14-9-5-6-10-16(14)25)18(12-7-3-4-8-13(12)21)17(15)19(26)23(2)20(22)27/h3-11,25H,1-2H3. The number of hydrogen-bond donors (Lipinski definition) is 1. The smallest absolute Gasteiger partial charge is 0.330 e. The van der Waals surface area contributed by atoms with Crippen LogP contribution in [0, 0.1) is 0 Å². The fourth-order valence-electron chi connectivity index (χ4n) is 3.32. The van der Waals surface area contributed by atoms with Crippen LogP contribution in [0.1, 0.15) is 0 Å². The zero-order valence-corrected chi connectivity index (χ0v) is 15.4. The van der Waals surface area contributed by atoms with E-state index < -0.39 is 11.2 Å². The molecule has 0 aliphatic carbocycles. The summed E-state index contributed by atoms with van der Waals surface area (Å²) in [7, 11) is 3.05. The van der Waals surface area contributed by atoms with Crippen LogP contribution in [0.3, 0.4) is 0 Å². The quantitative estimate of drug-likeness (QED) is 0.580. The fourth-order valence-corrected chi connectivity index (χ4v) is 3.54. The van der Waals surface area contributed by atoms with Gasteiger partial charge in [0, 0.05) is 30.9 Å². The van der Waals surface area contributed by atoms with Crippen LogP contribution in [0.2, 0.25) is 5.02 Å². The Kier molecular flexibility index (Phi) is 3.93. The summed E-state index contributed by atoms with van der Waals surface area (Å²) in [5.74, 6) is 0.0490. The van der Waals surface area contributed by atoms with Crippen molar-refractivity contribution < 1.29 is 5.11 Å². The molecule has 7 heteroatoms. The van der Waals surface area contributed by atoms with E-state index in [-0.39, 0.29) is 5.75 Å². The molecule has 4 rings (SSSR count). The first kappa shape index (κ1) is 17.2. The van der Waals surface area contributed by atoms with Crippen molar-refractivity contribution in [3.63, 3.8) is 0 Å². The molecular formula is C20H16ClN3O3. The number of benzene rings is 2. The highest BCUT2D eigenvalue weighted by molar-refractivity contribution is 6.33. The third-order valence-corrected chi connectivity index (χ3v) is 5.04. The number of fused-ring (bicyclic) bond motifs is 1. The molecule has 0 amide bonds. The first-order valence-electron chi connectivity index (χ1n) is 8.26. The molecule has 2 heterocycles. The van der Waals surface area contributed by atoms with Crippen LogP contribution in [0.5, 0.6) is 5.75 Å². The zero-order chi connectivity index (χ0) is 19.3. The van der Waals surface area contributed by atoms with Crippen molar-refractivity contribution in [3.8, 4) is 22.7 Å². The van der Waals surface area contributed by atoms with Crippen molar-refractivity contribution >= 4 is 22.5 Å². The van der Waals surface area contributed by atoms with Crippen LogP contribution >= 0.6 is 11.6 Å². The summed E-state index contributed by atoms with van der Waals surface area (Å²) in [6.07, 6.45) is 1.67. The highest BCUT2D eigenvalue weighted by atomic mass is 35.5. The molecule has 0 saturated heterocycles. The number of nitrogens with zero attached hydrogens (tertiary/aromatic N) is 3. The number of phenols is 1. The molecule has 2 aromatic heterocycles. The van der Waals surface area contributed by atoms with Crippen LogP contribution in [0.4, 0.5) is 0 Å². The predicted molar refractivity (Wildman–Crippen MR) is 106 cm³/mol. The highest BCUT2D eigenvalue weighted by Crippen LogP contribution is 2.36. The van der Waals surface area contributed by atoms with Crippen molar-refractivity contribution in [2.24, 2.45) is 14.1 Å². The van der Waals surface area contributed by atoms with E-state index in [0.29, 0.717) is 32.9 Å². The van der Waals surface area contributed by atoms with Crippen LogP contribution in [0.15, 0.2) is 64.3 Å². The molecule has 0 bridgehead atoms. The number of phenolic OH excluding ortho intramolecular Hbond substituents is 1. The number of aryl methyl sites for hydroxylation is 1. The summed E-state index contributed by atoms with van der Waals surface area (Å²) in [6.45, 7) is 0. The number of aromatic nitrogens is 3. The van der Waals surface area contributed by atoms with Crippen molar-refractivity contribution in [3.05, 3.63) is 80.6 Å². The molecule has 1 N–H and O–H groups in total. The van der Waals surface area contributed by atoms with Crippen molar-refractivity contribution in [1.82, 2.24) is 13.7 Å². The van der Waals surface area contributed by atoms with Gasteiger partial charge in [0.25, 0.3) is 5.56 Å². The predicted octanol–water partition coefficient (Wildman–Crippen LogP) is 3.05. The molecule has 0 unspecified atom stereocenters. The van der Waals surface area contributed by atoms with E-state index in [4.69, 9.17) is 11.6 Å². The minimum absolute atomic E-state index is 0.0490. The Morgan fingerprint density at radius 3 is 2.30 bits per heavy atom. The Hall–Kier alpha value is -3.25. The van der Waals surface area contributed by atoms with Gasteiger partial charge in [-0.3, -0.25) is 13.9 Å². The van der Waals surface area contributed by atoms with Gasteiger partial charge in [-0.25, -0.2) is 4.79 Å². The Morgan fingerprint density at radius 2 is 1.59 bits per heavy atom. The van der Waals surface area contributed by atoms with E-state index in [9.17, 15) is 14.7 Å². The maximum absolute atomic E-state index is 13.0. The van der Waals surface area contributed by atoms with E-state index in [2.05, 4.69) is 0 Å². The number of hydrogen-bond acceptors (Lipinski definition) is 3. The van der Waals surface area contributed by atoms with Gasteiger partial charge >= 0.3 is 5.69 Å². The molecule has 27 heavy (non-hydrogen) atoms. The average Bonchev–Trinajstić information content (AvgIpc) is 3.05. The topological polar surface area (TPSA) is 69.2 Å². The molecule has 0 spiro atoms. The fraction of sp³-hybridized carbons (Fsp3) is 0.100. The summed E-state index contributed by atoms with van der Waals surface area (Å²) in [5, 5.41) is 11.2. The molecule has 0 radical (unpaired) electrons. The summed E-state index contributed by atoms with van der Waals surface area (Å²) in [6, 6.07) is 14.0. The Morgan fingerprint density at radius 1 is 0.926 bits per heavy atom. The molecule has 0 saturated carbocycles. The van der Waals surface area contributed by atoms with Crippen LogP contribution in [-0.4, -0.2) is 18.8 Å². The monoisotopic (exact) mass is 381 g/mol. The molecule has 4 aromatic rings. The second-order valence-corrected chi connectivity index (χ2v) is 6.69. The maximum Gasteiger partial charge on any atom is 0.330 e. The molecule has 6 nitrogen and oxygen atoms in total. The molecule has 0 aliphatic rings. The van der Waals surface area contributed by atoms with Crippen LogP contribution < -0.4 is 11.2 Å². The van der Waals surface area contributed by atoms with Crippen LogP contribution in [0.25, 0.3) is 27.8 Å². The van der Waals surface area contributed by atoms with E-state index in [1.165, 1.54) is 11.6 Å². The summed E-state index contributed by atoms with van der Waals surface area (Å²) < 4.78 is 4.17. The highest BCUT2D eigenvalue weighted by Gasteiger charge is 2.22. The number of aromatic hydroxyl groups is 1. The van der Waals surface area contributed by atoms with E-state index in [1.54, 1.807) is 60.3 Å². The Balaban J connectivity index is 2.28. The van der Waals surface area contributed by atoms with Crippen molar-refractivity contribution in [1.29, 1.82) is 0 Å². The zero-order valence-electron chi connectivity index (χ0n) is 14.7. The normalized spacial score (nSPS) is 11.2. The lowest BCUT2D eigenvalue weighted by Crippen LogP contribution is -2.36. The lowest BCUT2D eigenvalue weighted by Gasteiger charge is -2.12. The van der Waals surface area contributed by atoms with Gasteiger partial charge < -0.3 is 9.67 Å².